The second-order valence-corrected chi connectivity index (χ2v) is 8.46. The molecule has 1 aliphatic carbocycles. The van der Waals surface area contributed by atoms with Crippen molar-refractivity contribution in [2.24, 2.45) is 0 Å². The lowest BCUT2D eigenvalue weighted by atomic mass is 9.87. The van der Waals surface area contributed by atoms with Crippen LogP contribution in [0.5, 0.6) is 0 Å². The van der Waals surface area contributed by atoms with Crippen molar-refractivity contribution < 1.29 is 14.0 Å². The first kappa shape index (κ1) is 20.3. The van der Waals surface area contributed by atoms with Gasteiger partial charge in [0.2, 0.25) is 0 Å². The SMILES string of the molecule is O=C(NCCc1nc(C2CCCCC2)cs1)c1ccc(NC(=O)c2ccco2)cc1. The fourth-order valence-electron chi connectivity index (χ4n) is 3.72. The molecule has 7 heteroatoms. The summed E-state index contributed by atoms with van der Waals surface area (Å²) in [5.41, 5.74) is 2.38. The van der Waals surface area contributed by atoms with Gasteiger partial charge in [-0.3, -0.25) is 9.59 Å². The van der Waals surface area contributed by atoms with Crippen molar-refractivity contribution in [1.82, 2.24) is 10.3 Å². The van der Waals surface area contributed by atoms with Gasteiger partial charge in [0.1, 0.15) is 0 Å². The maximum Gasteiger partial charge on any atom is 0.291 e. The van der Waals surface area contributed by atoms with Crippen LogP contribution in [0, 0.1) is 0 Å². The highest BCUT2D eigenvalue weighted by molar-refractivity contribution is 7.09. The Morgan fingerprint density at radius 1 is 1.07 bits per heavy atom. The van der Waals surface area contributed by atoms with Crippen LogP contribution in [-0.4, -0.2) is 23.3 Å². The summed E-state index contributed by atoms with van der Waals surface area (Å²) in [7, 11) is 0. The highest BCUT2D eigenvalue weighted by atomic mass is 32.1. The molecule has 156 valence electrons. The number of anilines is 1. The van der Waals surface area contributed by atoms with E-state index in [0.717, 1.165) is 11.4 Å². The highest BCUT2D eigenvalue weighted by Gasteiger charge is 2.18. The minimum Gasteiger partial charge on any atom is -0.459 e. The Bertz CT molecular complexity index is 974. The number of aromatic nitrogens is 1. The van der Waals surface area contributed by atoms with Crippen LogP contribution in [0.25, 0.3) is 0 Å². The quantitative estimate of drug-likeness (QED) is 0.560. The first-order valence-electron chi connectivity index (χ1n) is 10.4. The standard InChI is InChI=1S/C23H25N3O3S/c27-22(17-8-10-18(11-9-17)25-23(28)20-7-4-14-29-20)24-13-12-21-26-19(15-30-21)16-5-2-1-3-6-16/h4,7-11,14-16H,1-3,5-6,12-13H2,(H,24,27)(H,25,28). The van der Waals surface area contributed by atoms with Gasteiger partial charge < -0.3 is 15.1 Å². The van der Waals surface area contributed by atoms with Gasteiger partial charge in [0.15, 0.2) is 5.76 Å². The van der Waals surface area contributed by atoms with E-state index in [1.807, 2.05) is 0 Å². The molecule has 0 spiro atoms. The van der Waals surface area contributed by atoms with Gasteiger partial charge in [0.05, 0.1) is 17.0 Å². The van der Waals surface area contributed by atoms with Crippen LogP contribution in [0.2, 0.25) is 0 Å². The van der Waals surface area contributed by atoms with Crippen molar-refractivity contribution in [3.8, 4) is 0 Å². The topological polar surface area (TPSA) is 84.2 Å². The van der Waals surface area contributed by atoms with E-state index in [1.165, 1.54) is 44.1 Å². The normalized spacial score (nSPS) is 14.4. The summed E-state index contributed by atoms with van der Waals surface area (Å²) < 4.78 is 5.07. The molecule has 0 unspecified atom stereocenters. The van der Waals surface area contributed by atoms with Crippen LogP contribution in [0.3, 0.4) is 0 Å². The Balaban J connectivity index is 1.24. The lowest BCUT2D eigenvalue weighted by molar-refractivity contribution is 0.0953. The smallest absolute Gasteiger partial charge is 0.291 e. The molecule has 30 heavy (non-hydrogen) atoms. The van der Waals surface area contributed by atoms with E-state index in [0.29, 0.717) is 23.7 Å². The summed E-state index contributed by atoms with van der Waals surface area (Å²) in [4.78, 5) is 29.1. The van der Waals surface area contributed by atoms with Crippen LogP contribution < -0.4 is 10.6 Å². The summed E-state index contributed by atoms with van der Waals surface area (Å²) >= 11 is 1.69. The molecule has 1 aliphatic rings. The fraction of sp³-hybridized carbons (Fsp3) is 0.348. The number of benzene rings is 1. The Kier molecular flexibility index (Phi) is 6.59. The Morgan fingerprint density at radius 2 is 1.87 bits per heavy atom. The maximum atomic E-state index is 12.4. The molecule has 4 rings (SSSR count). The summed E-state index contributed by atoms with van der Waals surface area (Å²) in [6, 6.07) is 10.0. The molecular formula is C23H25N3O3S. The predicted molar refractivity (Wildman–Crippen MR) is 117 cm³/mol. The second kappa shape index (κ2) is 9.71. The number of nitrogens with one attached hydrogen (secondary N) is 2. The van der Waals surface area contributed by atoms with Crippen LogP contribution in [0.1, 0.15) is 69.6 Å². The molecule has 1 aromatic carbocycles. The zero-order valence-corrected chi connectivity index (χ0v) is 17.5. The number of nitrogens with zero attached hydrogens (tertiary/aromatic N) is 1. The number of thiazole rings is 1. The zero-order valence-electron chi connectivity index (χ0n) is 16.7. The summed E-state index contributed by atoms with van der Waals surface area (Å²) in [5.74, 6) is 0.395. The number of rotatable bonds is 7. The van der Waals surface area contributed by atoms with Gasteiger partial charge in [-0.1, -0.05) is 19.3 Å². The number of amides is 2. The van der Waals surface area contributed by atoms with Crippen LogP contribution in [0.15, 0.2) is 52.5 Å². The van der Waals surface area contributed by atoms with Gasteiger partial charge in [-0.2, -0.15) is 0 Å². The Hall–Kier alpha value is -2.93. The van der Waals surface area contributed by atoms with Crippen molar-refractivity contribution in [1.29, 1.82) is 0 Å². The first-order valence-corrected chi connectivity index (χ1v) is 11.2. The molecule has 0 aliphatic heterocycles. The predicted octanol–water partition coefficient (Wildman–Crippen LogP) is 5.01. The molecule has 1 fully saturated rings. The minimum atomic E-state index is -0.326. The average Bonchev–Trinajstić information content (AvgIpc) is 3.47. The summed E-state index contributed by atoms with van der Waals surface area (Å²) in [6.07, 6.45) is 8.63. The molecule has 0 radical (unpaired) electrons. The number of furan rings is 1. The zero-order chi connectivity index (χ0) is 20.8. The van der Waals surface area contributed by atoms with Crippen molar-refractivity contribution in [3.63, 3.8) is 0 Å². The molecule has 1 saturated carbocycles. The monoisotopic (exact) mass is 423 g/mol. The highest BCUT2D eigenvalue weighted by Crippen LogP contribution is 2.33. The summed E-state index contributed by atoms with van der Waals surface area (Å²) in [6.45, 7) is 0.549. The molecule has 2 aromatic heterocycles. The molecule has 6 nitrogen and oxygen atoms in total. The molecule has 0 bridgehead atoms. The third-order valence-corrected chi connectivity index (χ3v) is 6.29. The molecule has 0 atom stereocenters. The maximum absolute atomic E-state index is 12.4. The number of carbonyl (C=O) groups is 2. The van der Waals surface area contributed by atoms with E-state index in [4.69, 9.17) is 9.40 Å². The fourth-order valence-corrected chi connectivity index (χ4v) is 4.60. The third-order valence-electron chi connectivity index (χ3n) is 5.37. The Morgan fingerprint density at radius 3 is 2.60 bits per heavy atom. The van der Waals surface area contributed by atoms with E-state index in [-0.39, 0.29) is 17.6 Å². The van der Waals surface area contributed by atoms with Gasteiger partial charge in [-0.25, -0.2) is 4.98 Å². The lowest BCUT2D eigenvalue weighted by Crippen LogP contribution is -2.25. The third kappa shape index (κ3) is 5.16. The summed E-state index contributed by atoms with van der Waals surface area (Å²) in [5, 5.41) is 8.94. The number of hydrogen-bond donors (Lipinski definition) is 2. The molecule has 0 saturated heterocycles. The van der Waals surface area contributed by atoms with Crippen molar-refractivity contribution in [2.75, 3.05) is 11.9 Å². The molecule has 2 heterocycles. The van der Waals surface area contributed by atoms with Gasteiger partial charge in [-0.05, 0) is 49.2 Å². The molecular weight excluding hydrogens is 398 g/mol. The van der Waals surface area contributed by atoms with Crippen LogP contribution in [-0.2, 0) is 6.42 Å². The van der Waals surface area contributed by atoms with E-state index >= 15 is 0 Å². The minimum absolute atomic E-state index is 0.136. The molecule has 2 N–H and O–H groups in total. The van der Waals surface area contributed by atoms with E-state index < -0.39 is 0 Å². The Labute approximate surface area is 179 Å². The van der Waals surface area contributed by atoms with Gasteiger partial charge >= 0.3 is 0 Å². The average molecular weight is 424 g/mol. The molecule has 2 amide bonds. The van der Waals surface area contributed by atoms with E-state index in [9.17, 15) is 9.59 Å². The van der Waals surface area contributed by atoms with Crippen molar-refractivity contribution in [2.45, 2.75) is 44.4 Å². The van der Waals surface area contributed by atoms with Crippen LogP contribution >= 0.6 is 11.3 Å². The van der Waals surface area contributed by atoms with E-state index in [1.54, 1.807) is 47.7 Å². The van der Waals surface area contributed by atoms with Gasteiger partial charge in [0.25, 0.3) is 11.8 Å². The number of hydrogen-bond acceptors (Lipinski definition) is 5. The van der Waals surface area contributed by atoms with Crippen molar-refractivity contribution >= 4 is 28.8 Å². The van der Waals surface area contributed by atoms with Crippen molar-refractivity contribution in [3.05, 3.63) is 70.1 Å². The number of carbonyl (C=O) groups excluding carboxylic acids is 2. The van der Waals surface area contributed by atoms with E-state index in [2.05, 4.69) is 16.0 Å². The van der Waals surface area contributed by atoms with Gasteiger partial charge in [-0.15, -0.1) is 11.3 Å². The van der Waals surface area contributed by atoms with Crippen LogP contribution in [0.4, 0.5) is 5.69 Å². The second-order valence-electron chi connectivity index (χ2n) is 7.52. The first-order chi connectivity index (χ1) is 14.7. The largest absolute Gasteiger partial charge is 0.459 e. The lowest BCUT2D eigenvalue weighted by Gasteiger charge is -2.19. The van der Waals surface area contributed by atoms with Gasteiger partial charge in [0, 0.05) is 35.5 Å². The molecule has 3 aromatic rings.